The molecular formula is C14H10BrN3O3S. The van der Waals surface area contributed by atoms with Crippen molar-refractivity contribution in [3.05, 3.63) is 45.1 Å². The molecule has 6 nitrogen and oxygen atoms in total. The van der Waals surface area contributed by atoms with E-state index in [2.05, 4.69) is 31.4 Å². The normalized spacial score (nSPS) is 10.5. The fourth-order valence-corrected chi connectivity index (χ4v) is 3.02. The zero-order valence-electron chi connectivity index (χ0n) is 11.4. The van der Waals surface area contributed by atoms with Gasteiger partial charge < -0.3 is 9.15 Å². The van der Waals surface area contributed by atoms with E-state index in [9.17, 15) is 4.79 Å². The molecule has 2 heterocycles. The summed E-state index contributed by atoms with van der Waals surface area (Å²) in [6.07, 6.45) is 0. The average Bonchev–Trinajstić information content (AvgIpc) is 3.16. The smallest absolute Gasteiger partial charge is 0.322 e. The molecule has 0 saturated heterocycles. The topological polar surface area (TPSA) is 77.3 Å². The molecule has 0 radical (unpaired) electrons. The second kappa shape index (κ2) is 6.29. The number of carbonyl (C=O) groups is 1. The second-order valence-corrected chi connectivity index (χ2v) is 6.67. The lowest BCUT2D eigenvalue weighted by molar-refractivity contribution is 0.102. The molecule has 0 aliphatic rings. The van der Waals surface area contributed by atoms with Crippen LogP contribution in [0.5, 0.6) is 5.75 Å². The highest BCUT2D eigenvalue weighted by molar-refractivity contribution is 9.11. The van der Waals surface area contributed by atoms with E-state index < -0.39 is 0 Å². The van der Waals surface area contributed by atoms with Gasteiger partial charge in [-0.1, -0.05) is 11.2 Å². The van der Waals surface area contributed by atoms with Gasteiger partial charge in [0.1, 0.15) is 5.75 Å². The number of benzene rings is 1. The fourth-order valence-electron chi connectivity index (χ4n) is 1.74. The molecule has 22 heavy (non-hydrogen) atoms. The summed E-state index contributed by atoms with van der Waals surface area (Å²) in [5.74, 6) is 0.697. The lowest BCUT2D eigenvalue weighted by atomic mass is 10.2. The number of halogens is 1. The van der Waals surface area contributed by atoms with E-state index in [1.807, 2.05) is 18.2 Å². The number of ether oxygens (including phenoxy) is 1. The van der Waals surface area contributed by atoms with Gasteiger partial charge in [0.25, 0.3) is 5.91 Å². The van der Waals surface area contributed by atoms with Crippen LogP contribution < -0.4 is 10.1 Å². The summed E-state index contributed by atoms with van der Waals surface area (Å²) in [6, 6.07) is 10.8. The Labute approximate surface area is 138 Å². The molecule has 0 aliphatic heterocycles. The standard InChI is InChI=1S/C14H10BrN3O3S/c1-20-9-4-2-3-8(7-9)13-17-18-14(21-13)16-12(19)10-5-6-11(15)22-10/h2-7H,1H3,(H,16,18,19). The molecule has 0 aliphatic carbocycles. The summed E-state index contributed by atoms with van der Waals surface area (Å²) < 4.78 is 11.5. The van der Waals surface area contributed by atoms with E-state index in [-0.39, 0.29) is 11.9 Å². The SMILES string of the molecule is COc1cccc(-c2nnc(NC(=O)c3ccc(Br)s3)o2)c1. The number of carbonyl (C=O) groups excluding carboxylic acids is 1. The van der Waals surface area contributed by atoms with Crippen molar-refractivity contribution in [3.8, 4) is 17.2 Å². The molecule has 0 fully saturated rings. The molecular weight excluding hydrogens is 370 g/mol. The van der Waals surface area contributed by atoms with E-state index in [4.69, 9.17) is 9.15 Å². The summed E-state index contributed by atoms with van der Waals surface area (Å²) in [7, 11) is 1.58. The van der Waals surface area contributed by atoms with Crippen LogP contribution in [-0.2, 0) is 0 Å². The molecule has 0 saturated carbocycles. The zero-order chi connectivity index (χ0) is 15.5. The minimum absolute atomic E-state index is 0.0485. The van der Waals surface area contributed by atoms with E-state index >= 15 is 0 Å². The monoisotopic (exact) mass is 379 g/mol. The van der Waals surface area contributed by atoms with E-state index in [1.165, 1.54) is 11.3 Å². The van der Waals surface area contributed by atoms with Gasteiger partial charge in [-0.2, -0.15) is 0 Å². The lowest BCUT2D eigenvalue weighted by Gasteiger charge is -2.00. The van der Waals surface area contributed by atoms with Gasteiger partial charge >= 0.3 is 6.01 Å². The van der Waals surface area contributed by atoms with Gasteiger partial charge in [0.2, 0.25) is 5.89 Å². The van der Waals surface area contributed by atoms with Gasteiger partial charge in [-0.3, -0.25) is 10.1 Å². The Morgan fingerprint density at radius 1 is 1.32 bits per heavy atom. The van der Waals surface area contributed by atoms with Crippen molar-refractivity contribution in [1.29, 1.82) is 0 Å². The number of nitrogens with zero attached hydrogens (tertiary/aromatic N) is 2. The van der Waals surface area contributed by atoms with Crippen molar-refractivity contribution < 1.29 is 13.9 Å². The van der Waals surface area contributed by atoms with Crippen LogP contribution in [0.2, 0.25) is 0 Å². The van der Waals surface area contributed by atoms with E-state index in [0.29, 0.717) is 22.1 Å². The van der Waals surface area contributed by atoms with E-state index in [0.717, 1.165) is 3.79 Å². The van der Waals surface area contributed by atoms with Crippen LogP contribution in [0.4, 0.5) is 6.01 Å². The van der Waals surface area contributed by atoms with Crippen LogP contribution in [0.3, 0.4) is 0 Å². The first-order valence-electron chi connectivity index (χ1n) is 6.20. The summed E-state index contributed by atoms with van der Waals surface area (Å²) >= 11 is 4.63. The van der Waals surface area contributed by atoms with Gasteiger partial charge in [0.15, 0.2) is 0 Å². The predicted octanol–water partition coefficient (Wildman–Crippen LogP) is 3.82. The maximum absolute atomic E-state index is 12.0. The number of nitrogens with one attached hydrogen (secondary N) is 1. The first-order valence-corrected chi connectivity index (χ1v) is 7.81. The van der Waals surface area contributed by atoms with Gasteiger partial charge in [-0.05, 0) is 46.3 Å². The fraction of sp³-hybridized carbons (Fsp3) is 0.0714. The van der Waals surface area contributed by atoms with Crippen LogP contribution >= 0.6 is 27.3 Å². The third-order valence-corrected chi connectivity index (χ3v) is 4.38. The Kier molecular flexibility index (Phi) is 4.21. The van der Waals surface area contributed by atoms with Crippen LogP contribution in [-0.4, -0.2) is 23.2 Å². The number of anilines is 1. The zero-order valence-corrected chi connectivity index (χ0v) is 13.8. The van der Waals surface area contributed by atoms with Crippen molar-refractivity contribution in [2.75, 3.05) is 12.4 Å². The molecule has 1 N–H and O–H groups in total. The van der Waals surface area contributed by atoms with Crippen molar-refractivity contribution >= 4 is 39.2 Å². The van der Waals surface area contributed by atoms with Crippen LogP contribution in [0, 0.1) is 0 Å². The van der Waals surface area contributed by atoms with Gasteiger partial charge in [0, 0.05) is 5.56 Å². The summed E-state index contributed by atoms with van der Waals surface area (Å²) in [4.78, 5) is 12.6. The third kappa shape index (κ3) is 3.18. The summed E-state index contributed by atoms with van der Waals surface area (Å²) in [5, 5.41) is 10.3. The Hall–Kier alpha value is -2.19. The largest absolute Gasteiger partial charge is 0.497 e. The first kappa shape index (κ1) is 14.7. The van der Waals surface area contributed by atoms with Crippen LogP contribution in [0.1, 0.15) is 9.67 Å². The molecule has 112 valence electrons. The van der Waals surface area contributed by atoms with E-state index in [1.54, 1.807) is 25.3 Å². The highest BCUT2D eigenvalue weighted by atomic mass is 79.9. The lowest BCUT2D eigenvalue weighted by Crippen LogP contribution is -2.10. The van der Waals surface area contributed by atoms with Crippen molar-refractivity contribution in [2.45, 2.75) is 0 Å². The summed E-state index contributed by atoms with van der Waals surface area (Å²) in [6.45, 7) is 0. The first-order chi connectivity index (χ1) is 10.7. The molecule has 0 unspecified atom stereocenters. The Balaban J connectivity index is 1.77. The van der Waals surface area contributed by atoms with Crippen molar-refractivity contribution in [3.63, 3.8) is 0 Å². The molecule has 3 rings (SSSR count). The van der Waals surface area contributed by atoms with Gasteiger partial charge in [0.05, 0.1) is 15.8 Å². The average molecular weight is 380 g/mol. The Morgan fingerprint density at radius 3 is 2.91 bits per heavy atom. The molecule has 2 aromatic heterocycles. The number of aromatic nitrogens is 2. The Morgan fingerprint density at radius 2 is 2.18 bits per heavy atom. The minimum atomic E-state index is -0.295. The minimum Gasteiger partial charge on any atom is -0.497 e. The highest BCUT2D eigenvalue weighted by Crippen LogP contribution is 2.25. The quantitative estimate of drug-likeness (QED) is 0.745. The number of thiophene rings is 1. The predicted molar refractivity (Wildman–Crippen MR) is 86.3 cm³/mol. The third-order valence-electron chi connectivity index (χ3n) is 2.76. The Bertz CT molecular complexity index is 815. The van der Waals surface area contributed by atoms with Crippen LogP contribution in [0.15, 0.2) is 44.6 Å². The maximum Gasteiger partial charge on any atom is 0.322 e. The molecule has 0 bridgehead atoms. The number of amides is 1. The number of hydrogen-bond donors (Lipinski definition) is 1. The maximum atomic E-state index is 12.0. The van der Waals surface area contributed by atoms with Gasteiger partial charge in [-0.25, -0.2) is 0 Å². The van der Waals surface area contributed by atoms with Gasteiger partial charge in [-0.15, -0.1) is 16.4 Å². The number of rotatable bonds is 4. The molecule has 1 aromatic carbocycles. The molecule has 3 aromatic rings. The number of methoxy groups -OCH3 is 1. The second-order valence-electron chi connectivity index (χ2n) is 4.20. The highest BCUT2D eigenvalue weighted by Gasteiger charge is 2.14. The molecule has 8 heteroatoms. The number of hydrogen-bond acceptors (Lipinski definition) is 6. The molecule has 1 amide bonds. The molecule has 0 spiro atoms. The summed E-state index contributed by atoms with van der Waals surface area (Å²) in [5.41, 5.74) is 0.714. The van der Waals surface area contributed by atoms with Crippen LogP contribution in [0.25, 0.3) is 11.5 Å². The van der Waals surface area contributed by atoms with Crippen molar-refractivity contribution in [2.24, 2.45) is 0 Å². The molecule has 0 atom stereocenters. The van der Waals surface area contributed by atoms with Crippen molar-refractivity contribution in [1.82, 2.24) is 10.2 Å².